The molecule has 6 N–H and O–H groups in total. The molecule has 0 radical (unpaired) electrons. The molecular formula is C26H31ClF2N6. The van der Waals surface area contributed by atoms with Crippen molar-refractivity contribution in [1.29, 1.82) is 0 Å². The van der Waals surface area contributed by atoms with Crippen molar-refractivity contribution in [2.24, 2.45) is 22.4 Å². The Labute approximate surface area is 210 Å². The van der Waals surface area contributed by atoms with E-state index in [9.17, 15) is 8.78 Å². The SMILES string of the molecule is C=C/C(N)=C(\N=C(/N)NCc1cc(F)ccc1F)N(C[C@@H]1CCCNC1)C(=C)c1ccccc1Cl. The Balaban J connectivity index is 1.93. The molecular weight excluding hydrogens is 470 g/mol. The third kappa shape index (κ3) is 7.07. The van der Waals surface area contributed by atoms with Crippen LogP contribution in [0.25, 0.3) is 5.70 Å². The van der Waals surface area contributed by atoms with Crippen LogP contribution in [0.1, 0.15) is 24.0 Å². The molecule has 0 amide bonds. The number of hydrogen-bond donors (Lipinski definition) is 4. The number of nitrogens with zero attached hydrogens (tertiary/aromatic N) is 2. The zero-order valence-corrected chi connectivity index (χ0v) is 20.3. The normalized spacial score (nSPS) is 16.9. The van der Waals surface area contributed by atoms with Crippen molar-refractivity contribution in [3.63, 3.8) is 0 Å². The van der Waals surface area contributed by atoms with E-state index in [1.807, 2.05) is 23.1 Å². The van der Waals surface area contributed by atoms with Crippen LogP contribution in [0.5, 0.6) is 0 Å². The first-order valence-corrected chi connectivity index (χ1v) is 11.7. The number of hydrogen-bond acceptors (Lipinski definition) is 4. The fourth-order valence-corrected chi connectivity index (χ4v) is 4.14. The Kier molecular flexibility index (Phi) is 9.28. The standard InChI is InChI=1S/C26H31ClF2N6/c1-3-24(30)25(34-26(31)33-15-19-13-20(28)10-11-23(19)29)35(16-18-7-6-12-32-14-18)17(2)21-8-4-5-9-22(21)27/h3-5,8-11,13,18,32H,1-2,6-7,12,14-16,30H2,(H3,31,33,34)/b25-24-/t18-/m1/s1. The third-order valence-corrected chi connectivity index (χ3v) is 6.11. The average Bonchev–Trinajstić information content (AvgIpc) is 2.86. The van der Waals surface area contributed by atoms with Crippen LogP contribution >= 0.6 is 11.6 Å². The summed E-state index contributed by atoms with van der Waals surface area (Å²) in [6.45, 7) is 10.4. The highest BCUT2D eigenvalue weighted by atomic mass is 35.5. The molecule has 1 aliphatic rings. The lowest BCUT2D eigenvalue weighted by molar-refractivity contribution is 0.305. The van der Waals surface area contributed by atoms with Crippen molar-refractivity contribution in [3.05, 3.63) is 101 Å². The summed E-state index contributed by atoms with van der Waals surface area (Å²) in [6, 6.07) is 10.6. The quantitative estimate of drug-likeness (QED) is 0.234. The van der Waals surface area contributed by atoms with E-state index in [2.05, 4.69) is 28.8 Å². The number of nitrogens with one attached hydrogen (secondary N) is 2. The number of aliphatic imine (C=N–C) groups is 1. The molecule has 1 aliphatic heterocycles. The maximum absolute atomic E-state index is 14.0. The highest BCUT2D eigenvalue weighted by molar-refractivity contribution is 6.32. The van der Waals surface area contributed by atoms with E-state index in [1.54, 1.807) is 6.07 Å². The molecule has 2 aromatic rings. The molecule has 0 spiro atoms. The minimum atomic E-state index is -0.549. The van der Waals surface area contributed by atoms with E-state index in [4.69, 9.17) is 23.1 Å². The molecule has 1 atom stereocenters. The van der Waals surface area contributed by atoms with Gasteiger partial charge in [-0.1, -0.05) is 43.0 Å². The van der Waals surface area contributed by atoms with Crippen LogP contribution in [0.2, 0.25) is 5.02 Å². The predicted octanol–water partition coefficient (Wildman–Crippen LogP) is 4.31. The largest absolute Gasteiger partial charge is 0.396 e. The van der Waals surface area contributed by atoms with Crippen LogP contribution in [-0.2, 0) is 6.54 Å². The van der Waals surface area contributed by atoms with Gasteiger partial charge >= 0.3 is 0 Å². The van der Waals surface area contributed by atoms with Crippen LogP contribution in [0, 0.1) is 17.6 Å². The summed E-state index contributed by atoms with van der Waals surface area (Å²) in [5, 5.41) is 6.78. The van der Waals surface area contributed by atoms with Crippen molar-refractivity contribution >= 4 is 23.3 Å². The van der Waals surface area contributed by atoms with E-state index < -0.39 is 11.6 Å². The summed E-state index contributed by atoms with van der Waals surface area (Å²) in [7, 11) is 0. The maximum atomic E-state index is 14.0. The molecule has 2 aromatic carbocycles. The Morgan fingerprint density at radius 3 is 2.71 bits per heavy atom. The van der Waals surface area contributed by atoms with Gasteiger partial charge in [-0.3, -0.25) is 0 Å². The van der Waals surface area contributed by atoms with Gasteiger partial charge < -0.3 is 27.0 Å². The molecule has 0 aliphatic carbocycles. The highest BCUT2D eigenvalue weighted by Gasteiger charge is 2.24. The molecule has 35 heavy (non-hydrogen) atoms. The lowest BCUT2D eigenvalue weighted by Gasteiger charge is -2.33. The zero-order chi connectivity index (χ0) is 25.4. The van der Waals surface area contributed by atoms with Crippen molar-refractivity contribution < 1.29 is 8.78 Å². The van der Waals surface area contributed by atoms with E-state index >= 15 is 0 Å². The summed E-state index contributed by atoms with van der Waals surface area (Å²) < 4.78 is 27.5. The van der Waals surface area contributed by atoms with Crippen molar-refractivity contribution in [2.45, 2.75) is 19.4 Å². The Hall–Kier alpha value is -3.36. The van der Waals surface area contributed by atoms with Crippen molar-refractivity contribution in [1.82, 2.24) is 15.5 Å². The van der Waals surface area contributed by atoms with Crippen molar-refractivity contribution in [3.8, 4) is 0 Å². The monoisotopic (exact) mass is 500 g/mol. The van der Waals surface area contributed by atoms with Gasteiger partial charge in [0.15, 0.2) is 11.8 Å². The first-order valence-electron chi connectivity index (χ1n) is 11.4. The number of guanidine groups is 1. The van der Waals surface area contributed by atoms with Gasteiger partial charge in [0, 0.05) is 34.9 Å². The smallest absolute Gasteiger partial charge is 0.195 e. The molecule has 9 heteroatoms. The average molecular weight is 501 g/mol. The van der Waals surface area contributed by atoms with Gasteiger partial charge in [0.1, 0.15) is 11.6 Å². The highest BCUT2D eigenvalue weighted by Crippen LogP contribution is 2.31. The van der Waals surface area contributed by atoms with Gasteiger partial charge in [0.05, 0.1) is 5.70 Å². The Bertz CT molecular complexity index is 1120. The Morgan fingerprint density at radius 1 is 1.26 bits per heavy atom. The Morgan fingerprint density at radius 2 is 2.03 bits per heavy atom. The van der Waals surface area contributed by atoms with Crippen LogP contribution < -0.4 is 22.1 Å². The van der Waals surface area contributed by atoms with Gasteiger partial charge in [0.25, 0.3) is 0 Å². The van der Waals surface area contributed by atoms with E-state index in [-0.39, 0.29) is 23.8 Å². The fourth-order valence-electron chi connectivity index (χ4n) is 3.89. The second-order valence-electron chi connectivity index (χ2n) is 8.32. The van der Waals surface area contributed by atoms with Crippen LogP contribution in [-0.4, -0.2) is 30.5 Å². The van der Waals surface area contributed by atoms with Gasteiger partial charge in [-0.25, -0.2) is 8.78 Å². The number of piperidine rings is 1. The van der Waals surface area contributed by atoms with Gasteiger partial charge in [-0.05, 0) is 62.2 Å². The molecule has 3 rings (SSSR count). The van der Waals surface area contributed by atoms with Crippen LogP contribution in [0.4, 0.5) is 8.78 Å². The first-order chi connectivity index (χ1) is 16.8. The van der Waals surface area contributed by atoms with E-state index in [0.717, 1.165) is 49.7 Å². The minimum Gasteiger partial charge on any atom is -0.396 e. The van der Waals surface area contributed by atoms with Gasteiger partial charge in [-0.2, -0.15) is 4.99 Å². The molecule has 6 nitrogen and oxygen atoms in total. The number of benzene rings is 2. The third-order valence-electron chi connectivity index (χ3n) is 5.78. The molecule has 0 bridgehead atoms. The summed E-state index contributed by atoms with van der Waals surface area (Å²) in [6.07, 6.45) is 3.56. The summed E-state index contributed by atoms with van der Waals surface area (Å²) >= 11 is 6.47. The topological polar surface area (TPSA) is 91.7 Å². The number of nitrogens with two attached hydrogens (primary N) is 2. The summed E-state index contributed by atoms with van der Waals surface area (Å²) in [5.41, 5.74) is 14.2. The number of rotatable bonds is 9. The molecule has 0 unspecified atom stereocenters. The maximum Gasteiger partial charge on any atom is 0.195 e. The zero-order valence-electron chi connectivity index (χ0n) is 19.5. The second-order valence-corrected chi connectivity index (χ2v) is 8.73. The van der Waals surface area contributed by atoms with Crippen LogP contribution in [0.3, 0.4) is 0 Å². The van der Waals surface area contributed by atoms with E-state index in [0.29, 0.717) is 29.0 Å². The number of allylic oxidation sites excluding steroid dienone is 1. The predicted molar refractivity (Wildman–Crippen MR) is 139 cm³/mol. The molecule has 186 valence electrons. The van der Waals surface area contributed by atoms with Crippen LogP contribution in [0.15, 0.2) is 78.2 Å². The first kappa shape index (κ1) is 26.2. The number of halogens is 3. The lowest BCUT2D eigenvalue weighted by Crippen LogP contribution is -2.39. The minimum absolute atomic E-state index is 0.0211. The molecule has 1 heterocycles. The van der Waals surface area contributed by atoms with Crippen molar-refractivity contribution in [2.75, 3.05) is 19.6 Å². The lowest BCUT2D eigenvalue weighted by atomic mass is 9.98. The van der Waals surface area contributed by atoms with Gasteiger partial charge in [-0.15, -0.1) is 0 Å². The molecule has 1 saturated heterocycles. The summed E-state index contributed by atoms with van der Waals surface area (Å²) in [5.74, 6) is -0.473. The second kappa shape index (κ2) is 12.4. The fraction of sp³-hybridized carbons (Fsp3) is 0.269. The molecule has 0 aromatic heterocycles. The summed E-state index contributed by atoms with van der Waals surface area (Å²) in [4.78, 5) is 6.39. The molecule has 0 saturated carbocycles. The molecule has 1 fully saturated rings. The van der Waals surface area contributed by atoms with Gasteiger partial charge in [0.2, 0.25) is 0 Å². The van der Waals surface area contributed by atoms with E-state index in [1.165, 1.54) is 6.08 Å².